The lowest BCUT2D eigenvalue weighted by Gasteiger charge is -2.03. The van der Waals surface area contributed by atoms with Gasteiger partial charge in [0.15, 0.2) is 0 Å². The Balaban J connectivity index is 1.78. The Labute approximate surface area is 104 Å². The van der Waals surface area contributed by atoms with Crippen molar-refractivity contribution in [2.45, 2.75) is 38.5 Å². The summed E-state index contributed by atoms with van der Waals surface area (Å²) in [4.78, 5) is 0. The molecule has 1 aliphatic rings. The van der Waals surface area contributed by atoms with Crippen molar-refractivity contribution >= 4 is 10.8 Å². The molecule has 0 aliphatic heterocycles. The lowest BCUT2D eigenvalue weighted by Crippen LogP contribution is -1.85. The first-order valence-electron chi connectivity index (χ1n) is 6.87. The number of unbranched alkanes of at least 4 members (excludes halogenated alkanes) is 1. The molecule has 88 valence electrons. The molecule has 3 rings (SSSR count). The molecule has 1 aliphatic carbocycles. The molecule has 0 heterocycles. The standard InChI is InChI=1S/C17H20/c1-2-3-6-15-12-17(15)16-10-9-13-7-4-5-8-14(13)11-16/h4-5,7-11,15,17H,2-3,6,12H2,1H3/t15-,17-/m0/s1. The van der Waals surface area contributed by atoms with Gasteiger partial charge in [0.1, 0.15) is 0 Å². The molecule has 2 atom stereocenters. The molecule has 1 saturated carbocycles. The summed E-state index contributed by atoms with van der Waals surface area (Å²) in [6.07, 6.45) is 5.57. The minimum atomic E-state index is 0.853. The first kappa shape index (κ1) is 10.8. The highest BCUT2D eigenvalue weighted by Crippen LogP contribution is 2.50. The van der Waals surface area contributed by atoms with Crippen LogP contribution in [0.5, 0.6) is 0 Å². The van der Waals surface area contributed by atoms with Gasteiger partial charge in [-0.2, -0.15) is 0 Å². The van der Waals surface area contributed by atoms with Crippen molar-refractivity contribution in [1.82, 2.24) is 0 Å². The molecule has 0 aromatic heterocycles. The largest absolute Gasteiger partial charge is 0.0654 e. The van der Waals surface area contributed by atoms with Crippen molar-refractivity contribution in [3.8, 4) is 0 Å². The maximum absolute atomic E-state index is 2.39. The molecule has 0 N–H and O–H groups in total. The second-order valence-electron chi connectivity index (χ2n) is 5.35. The zero-order chi connectivity index (χ0) is 11.7. The molecule has 0 heteroatoms. The van der Waals surface area contributed by atoms with Gasteiger partial charge in [-0.3, -0.25) is 0 Å². The molecule has 0 nitrogen and oxygen atoms in total. The molecule has 1 fully saturated rings. The maximum Gasteiger partial charge on any atom is -0.0130 e. The Morgan fingerprint density at radius 2 is 1.88 bits per heavy atom. The Bertz CT molecular complexity index is 512. The van der Waals surface area contributed by atoms with Crippen LogP contribution in [0.1, 0.15) is 44.1 Å². The highest BCUT2D eigenvalue weighted by Gasteiger charge is 2.37. The summed E-state index contributed by atoms with van der Waals surface area (Å²) in [5.74, 6) is 1.82. The molecule has 2 aromatic carbocycles. The minimum absolute atomic E-state index is 0.853. The summed E-state index contributed by atoms with van der Waals surface area (Å²) in [5.41, 5.74) is 1.56. The highest BCUT2D eigenvalue weighted by atomic mass is 14.4. The van der Waals surface area contributed by atoms with E-state index >= 15 is 0 Å². The third-order valence-corrected chi connectivity index (χ3v) is 4.05. The molecule has 0 saturated heterocycles. The monoisotopic (exact) mass is 224 g/mol. The summed E-state index contributed by atoms with van der Waals surface area (Å²) in [7, 11) is 0. The van der Waals surface area contributed by atoms with Crippen LogP contribution in [0.15, 0.2) is 42.5 Å². The molecule has 0 spiro atoms. The predicted octanol–water partition coefficient (Wildman–Crippen LogP) is 5.13. The van der Waals surface area contributed by atoms with Crippen molar-refractivity contribution in [3.05, 3.63) is 48.0 Å². The van der Waals surface area contributed by atoms with Gasteiger partial charge in [-0.1, -0.05) is 62.2 Å². The zero-order valence-corrected chi connectivity index (χ0v) is 10.5. The lowest BCUT2D eigenvalue weighted by atomic mass is 10.0. The first-order valence-corrected chi connectivity index (χ1v) is 6.87. The summed E-state index contributed by atoms with van der Waals surface area (Å²) >= 11 is 0. The van der Waals surface area contributed by atoms with Crippen molar-refractivity contribution in [2.24, 2.45) is 5.92 Å². The molecule has 0 bridgehead atoms. The van der Waals surface area contributed by atoms with Crippen LogP contribution in [0.4, 0.5) is 0 Å². The van der Waals surface area contributed by atoms with Crippen LogP contribution in [-0.2, 0) is 0 Å². The fourth-order valence-electron chi connectivity index (χ4n) is 2.88. The van der Waals surface area contributed by atoms with Gasteiger partial charge in [-0.05, 0) is 41.0 Å². The van der Waals surface area contributed by atoms with Gasteiger partial charge in [0.25, 0.3) is 0 Å². The van der Waals surface area contributed by atoms with Gasteiger partial charge < -0.3 is 0 Å². The number of hydrogen-bond donors (Lipinski definition) is 0. The Morgan fingerprint density at radius 3 is 2.71 bits per heavy atom. The van der Waals surface area contributed by atoms with Gasteiger partial charge in [-0.15, -0.1) is 0 Å². The zero-order valence-electron chi connectivity index (χ0n) is 10.5. The van der Waals surface area contributed by atoms with E-state index in [2.05, 4.69) is 49.4 Å². The van der Waals surface area contributed by atoms with Crippen molar-refractivity contribution in [1.29, 1.82) is 0 Å². The Morgan fingerprint density at radius 1 is 1.06 bits per heavy atom. The average molecular weight is 224 g/mol. The molecular formula is C17H20. The van der Waals surface area contributed by atoms with Crippen LogP contribution in [0.2, 0.25) is 0 Å². The van der Waals surface area contributed by atoms with Gasteiger partial charge in [0, 0.05) is 0 Å². The fourth-order valence-corrected chi connectivity index (χ4v) is 2.88. The van der Waals surface area contributed by atoms with E-state index in [1.54, 1.807) is 5.56 Å². The van der Waals surface area contributed by atoms with Crippen LogP contribution < -0.4 is 0 Å². The summed E-state index contributed by atoms with van der Waals surface area (Å²) < 4.78 is 0. The topological polar surface area (TPSA) is 0 Å². The molecule has 17 heavy (non-hydrogen) atoms. The normalized spacial score (nSPS) is 22.9. The van der Waals surface area contributed by atoms with Gasteiger partial charge in [-0.25, -0.2) is 0 Å². The fraction of sp³-hybridized carbons (Fsp3) is 0.412. The number of rotatable bonds is 4. The molecule has 0 unspecified atom stereocenters. The first-order chi connectivity index (χ1) is 8.38. The van der Waals surface area contributed by atoms with Crippen LogP contribution >= 0.6 is 0 Å². The summed E-state index contributed by atoms with van der Waals surface area (Å²) in [6, 6.07) is 15.7. The number of benzene rings is 2. The summed E-state index contributed by atoms with van der Waals surface area (Å²) in [5, 5.41) is 2.76. The molecule has 0 radical (unpaired) electrons. The van der Waals surface area contributed by atoms with E-state index < -0.39 is 0 Å². The smallest absolute Gasteiger partial charge is 0.0130 e. The summed E-state index contributed by atoms with van der Waals surface area (Å²) in [6.45, 7) is 2.29. The Hall–Kier alpha value is -1.30. The van der Waals surface area contributed by atoms with Crippen molar-refractivity contribution in [3.63, 3.8) is 0 Å². The molecular weight excluding hydrogens is 204 g/mol. The van der Waals surface area contributed by atoms with Gasteiger partial charge >= 0.3 is 0 Å². The lowest BCUT2D eigenvalue weighted by molar-refractivity contribution is 0.640. The SMILES string of the molecule is CCCC[C@H]1C[C@@H]1c1ccc2ccccc2c1. The molecule has 0 amide bonds. The Kier molecular flexibility index (Phi) is 2.88. The van der Waals surface area contributed by atoms with Crippen LogP contribution in [0, 0.1) is 5.92 Å². The van der Waals surface area contributed by atoms with E-state index in [4.69, 9.17) is 0 Å². The van der Waals surface area contributed by atoms with E-state index in [9.17, 15) is 0 Å². The highest BCUT2D eigenvalue weighted by molar-refractivity contribution is 5.83. The maximum atomic E-state index is 2.39. The molecule has 2 aromatic rings. The second-order valence-corrected chi connectivity index (χ2v) is 5.35. The van der Waals surface area contributed by atoms with E-state index in [1.807, 2.05) is 0 Å². The average Bonchev–Trinajstić information content (AvgIpc) is 3.15. The van der Waals surface area contributed by atoms with Crippen LogP contribution in [0.25, 0.3) is 10.8 Å². The third-order valence-electron chi connectivity index (χ3n) is 4.05. The van der Waals surface area contributed by atoms with Crippen LogP contribution in [0.3, 0.4) is 0 Å². The van der Waals surface area contributed by atoms with Crippen molar-refractivity contribution in [2.75, 3.05) is 0 Å². The van der Waals surface area contributed by atoms with Gasteiger partial charge in [0.05, 0.1) is 0 Å². The van der Waals surface area contributed by atoms with E-state index in [1.165, 1.54) is 36.5 Å². The predicted molar refractivity (Wildman–Crippen MR) is 74.3 cm³/mol. The second kappa shape index (κ2) is 4.52. The minimum Gasteiger partial charge on any atom is -0.0654 e. The van der Waals surface area contributed by atoms with Crippen LogP contribution in [-0.4, -0.2) is 0 Å². The number of fused-ring (bicyclic) bond motifs is 1. The number of hydrogen-bond acceptors (Lipinski definition) is 0. The third kappa shape index (κ3) is 2.22. The van der Waals surface area contributed by atoms with E-state index in [-0.39, 0.29) is 0 Å². The van der Waals surface area contributed by atoms with Gasteiger partial charge in [0.2, 0.25) is 0 Å². The van der Waals surface area contributed by atoms with Crippen molar-refractivity contribution < 1.29 is 0 Å². The van der Waals surface area contributed by atoms with E-state index in [0.717, 1.165) is 11.8 Å². The van der Waals surface area contributed by atoms with E-state index in [0.29, 0.717) is 0 Å². The quantitative estimate of drug-likeness (QED) is 0.675.